The first-order valence-electron chi connectivity index (χ1n) is 1.70. The molecule has 52 valence electrons. The van der Waals surface area contributed by atoms with Gasteiger partial charge in [0.2, 0.25) is 0 Å². The molecule has 0 spiro atoms. The molecule has 4 nitrogen and oxygen atoms in total. The number of carboxylic acids is 1. The van der Waals surface area contributed by atoms with E-state index in [0.717, 1.165) is 0 Å². The molecule has 0 aromatic rings. The molecule has 0 aliphatic heterocycles. The monoisotopic (exact) mass is 270 g/mol. The van der Waals surface area contributed by atoms with Gasteiger partial charge in [0.15, 0.2) is 6.10 Å². The van der Waals surface area contributed by atoms with E-state index >= 15 is 0 Å². The molecule has 0 aliphatic rings. The van der Waals surface area contributed by atoms with Gasteiger partial charge in [0, 0.05) is 0 Å². The van der Waals surface area contributed by atoms with Crippen LogP contribution >= 0.6 is 0 Å². The second-order valence-corrected chi connectivity index (χ2v) is 1.04. The van der Waals surface area contributed by atoms with Gasteiger partial charge in [-0.25, -0.2) is 4.79 Å². The van der Waals surface area contributed by atoms with Gasteiger partial charge in [-0.1, -0.05) is 0 Å². The molecule has 0 saturated heterocycles. The van der Waals surface area contributed by atoms with Crippen LogP contribution in [0.3, 0.4) is 0 Å². The molecule has 0 heterocycles. The van der Waals surface area contributed by atoms with E-state index in [2.05, 4.69) is 0 Å². The second-order valence-electron chi connectivity index (χ2n) is 1.04. The van der Waals surface area contributed by atoms with Crippen molar-refractivity contribution in [2.24, 2.45) is 0 Å². The Hall–Kier alpha value is 1.84. The summed E-state index contributed by atoms with van der Waals surface area (Å²) in [4.78, 5) is 9.52. The third-order valence-corrected chi connectivity index (χ3v) is 0.458. The average molecular weight is 271 g/mol. The van der Waals surface area contributed by atoms with Crippen molar-refractivity contribution < 1.29 is 20.1 Å². The number of hydrogen-bond acceptors (Lipinski definition) is 3. The number of aliphatic hydroxyl groups excluding tert-OH is 2. The van der Waals surface area contributed by atoms with Crippen LogP contribution < -0.4 is 0 Å². The van der Waals surface area contributed by atoms with Gasteiger partial charge in [0.05, 0.1) is 6.61 Å². The van der Waals surface area contributed by atoms with Crippen molar-refractivity contribution in [1.82, 2.24) is 0 Å². The second kappa shape index (κ2) is 9.84. The van der Waals surface area contributed by atoms with Crippen LogP contribution in [0.4, 0.5) is 0 Å². The summed E-state index contributed by atoms with van der Waals surface area (Å²) in [5.74, 6) is -1.40. The van der Waals surface area contributed by atoms with Gasteiger partial charge in [-0.15, -0.1) is 0 Å². The van der Waals surface area contributed by atoms with E-state index < -0.39 is 18.7 Å². The molecule has 0 radical (unpaired) electrons. The van der Waals surface area contributed by atoms with Crippen molar-refractivity contribution in [2.45, 2.75) is 6.10 Å². The predicted octanol–water partition coefficient (Wildman–Crippen LogP) is -3.41. The number of carbonyl (C=O) groups is 1. The van der Waals surface area contributed by atoms with Crippen LogP contribution in [0.25, 0.3) is 0 Å². The van der Waals surface area contributed by atoms with Crippen LogP contribution in [0.15, 0.2) is 0 Å². The first-order valence-corrected chi connectivity index (χ1v) is 1.70. The predicted molar refractivity (Wildman–Crippen MR) is 37.8 cm³/mol. The zero-order chi connectivity index (χ0) is 5.86. The normalized spacial score (nSPS) is 10.4. The molecule has 1 atom stereocenters. The standard InChI is InChI=1S/C3H6O4.K.Sb.4H/c4-1-2(5)3(6)7;;;;;;/h2,4-5H,1H2,(H,6,7);;;;;;. The van der Waals surface area contributed by atoms with Crippen molar-refractivity contribution in [3.05, 3.63) is 0 Å². The van der Waals surface area contributed by atoms with Crippen molar-refractivity contribution in [2.75, 3.05) is 6.61 Å². The number of aliphatic carboxylic acids is 1. The fourth-order valence-electron chi connectivity index (χ4n) is 0.0781. The van der Waals surface area contributed by atoms with Crippen molar-refractivity contribution in [3.63, 3.8) is 0 Å². The molecule has 6 heteroatoms. The molecule has 0 saturated carbocycles. The van der Waals surface area contributed by atoms with Crippen LogP contribution in [0.1, 0.15) is 0 Å². The summed E-state index contributed by atoms with van der Waals surface area (Å²) in [5.41, 5.74) is 0. The summed E-state index contributed by atoms with van der Waals surface area (Å²) >= 11 is 0. The molecule has 0 bridgehead atoms. The van der Waals surface area contributed by atoms with Crippen molar-refractivity contribution in [3.8, 4) is 0 Å². The Balaban J connectivity index is -0.000000180. The molecule has 0 aromatic heterocycles. The zero-order valence-electron chi connectivity index (χ0n) is 4.24. The van der Waals surface area contributed by atoms with E-state index in [4.69, 9.17) is 15.3 Å². The summed E-state index contributed by atoms with van der Waals surface area (Å²) in [6.07, 6.45) is -1.63. The maximum atomic E-state index is 9.52. The summed E-state index contributed by atoms with van der Waals surface area (Å²) in [7, 11) is 0. The summed E-state index contributed by atoms with van der Waals surface area (Å²) < 4.78 is 0. The van der Waals surface area contributed by atoms with Gasteiger partial charge in [-0.3, -0.25) is 0 Å². The molecule has 1 unspecified atom stereocenters. The van der Waals surface area contributed by atoms with E-state index in [0.29, 0.717) is 0 Å². The summed E-state index contributed by atoms with van der Waals surface area (Å²) in [6, 6.07) is 0. The Labute approximate surface area is 113 Å². The van der Waals surface area contributed by atoms with E-state index in [9.17, 15) is 4.79 Å². The van der Waals surface area contributed by atoms with E-state index in [1.165, 1.54) is 0 Å². The molecular weight excluding hydrogens is 261 g/mol. The topological polar surface area (TPSA) is 77.8 Å². The van der Waals surface area contributed by atoms with Gasteiger partial charge in [0.1, 0.15) is 0 Å². The fourth-order valence-corrected chi connectivity index (χ4v) is 0.0781. The SMILES string of the molecule is O=C(O)C(O)CO.[KH].[SbH3]. The molecule has 3 N–H and O–H groups in total. The zero-order valence-corrected chi connectivity index (χ0v) is 8.28. The molecule has 0 fully saturated rings. The van der Waals surface area contributed by atoms with Crippen LogP contribution in [-0.2, 0) is 4.79 Å². The van der Waals surface area contributed by atoms with Gasteiger partial charge >= 0.3 is 81.8 Å². The van der Waals surface area contributed by atoms with Crippen molar-refractivity contribution in [1.29, 1.82) is 0 Å². The van der Waals surface area contributed by atoms with Gasteiger partial charge < -0.3 is 15.3 Å². The van der Waals surface area contributed by atoms with Crippen LogP contribution in [0, 0.1) is 0 Å². The first-order chi connectivity index (χ1) is 3.18. The van der Waals surface area contributed by atoms with E-state index in [1.807, 2.05) is 0 Å². The number of carboxylic acid groups (broad SMARTS) is 1. The fraction of sp³-hybridized carbons (Fsp3) is 0.667. The Morgan fingerprint density at radius 3 is 1.89 bits per heavy atom. The molecule has 0 rings (SSSR count). The van der Waals surface area contributed by atoms with Gasteiger partial charge in [-0.05, 0) is 0 Å². The van der Waals surface area contributed by atoms with Gasteiger partial charge in [-0.2, -0.15) is 0 Å². The number of rotatable bonds is 2. The third kappa shape index (κ3) is 9.84. The average Bonchev–Trinajstić information content (AvgIpc) is 1.65. The van der Waals surface area contributed by atoms with Crippen LogP contribution in [0.2, 0.25) is 0 Å². The first kappa shape index (κ1) is 17.1. The summed E-state index contributed by atoms with van der Waals surface area (Å²) in [6.45, 7) is -0.727. The number of hydrogen-bond donors (Lipinski definition) is 3. The summed E-state index contributed by atoms with van der Waals surface area (Å²) in [5, 5.41) is 23.7. The van der Waals surface area contributed by atoms with Crippen LogP contribution in [-0.4, -0.2) is 110 Å². The molecular formula is C3H10KO4Sb. The third-order valence-electron chi connectivity index (χ3n) is 0.458. The Bertz CT molecular complexity index is 78.2. The quantitative estimate of drug-likeness (QED) is 0.457. The van der Waals surface area contributed by atoms with Crippen LogP contribution in [0.5, 0.6) is 0 Å². The molecule has 9 heavy (non-hydrogen) atoms. The molecule has 0 aliphatic carbocycles. The number of aliphatic hydroxyl groups is 2. The van der Waals surface area contributed by atoms with Crippen molar-refractivity contribution >= 4 is 81.8 Å². The minimum atomic E-state index is -1.63. The van der Waals surface area contributed by atoms with E-state index in [-0.39, 0.29) is 75.8 Å². The van der Waals surface area contributed by atoms with Gasteiger partial charge in [0.25, 0.3) is 0 Å². The molecule has 0 aromatic carbocycles. The Morgan fingerprint density at radius 1 is 1.56 bits per heavy atom. The molecule has 0 amide bonds. The van der Waals surface area contributed by atoms with E-state index in [1.54, 1.807) is 0 Å². The Morgan fingerprint density at radius 2 is 1.89 bits per heavy atom. The maximum absolute atomic E-state index is 9.52. The minimum absolute atomic E-state index is 0. The Kier molecular flexibility index (Phi) is 18.7.